The van der Waals surface area contributed by atoms with E-state index in [1.165, 1.54) is 10.6 Å². The summed E-state index contributed by atoms with van der Waals surface area (Å²) in [5, 5.41) is 11.0. The van der Waals surface area contributed by atoms with Crippen LogP contribution in [0.25, 0.3) is 5.65 Å². The number of rotatable bonds is 4. The Labute approximate surface area is 156 Å². The van der Waals surface area contributed by atoms with Crippen molar-refractivity contribution < 1.29 is 13.2 Å². The van der Waals surface area contributed by atoms with Crippen LogP contribution in [0.3, 0.4) is 0 Å². The Kier molecular flexibility index (Phi) is 4.11. The molecule has 27 heavy (non-hydrogen) atoms. The first-order valence-electron chi connectivity index (χ1n) is 8.54. The van der Waals surface area contributed by atoms with Gasteiger partial charge in [-0.15, -0.1) is 10.2 Å². The molecule has 1 N–H and O–H groups in total. The minimum absolute atomic E-state index is 0.157. The molecule has 1 aliphatic heterocycles. The van der Waals surface area contributed by atoms with Gasteiger partial charge in [0, 0.05) is 17.8 Å². The lowest BCUT2D eigenvalue weighted by Gasteiger charge is -2.21. The average molecular weight is 385 g/mol. The largest absolute Gasteiger partial charge is 0.345 e. The maximum Gasteiger partial charge on any atom is 0.251 e. The summed E-state index contributed by atoms with van der Waals surface area (Å²) in [4.78, 5) is 12.5. The number of nitrogens with one attached hydrogen (secondary N) is 1. The molecule has 3 heterocycles. The number of fused-ring (bicyclic) bond motifs is 2. The van der Waals surface area contributed by atoms with Crippen molar-refractivity contribution in [1.82, 2.24) is 19.9 Å². The maximum absolute atomic E-state index is 12.5. The number of sulfonamides is 1. The quantitative estimate of drug-likeness (QED) is 0.732. The van der Waals surface area contributed by atoms with Crippen molar-refractivity contribution in [2.75, 3.05) is 10.6 Å². The molecule has 0 saturated heterocycles. The second-order valence-electron chi connectivity index (χ2n) is 6.68. The fourth-order valence-electron chi connectivity index (χ4n) is 3.52. The lowest BCUT2D eigenvalue weighted by molar-refractivity contribution is 0.0949. The van der Waals surface area contributed by atoms with Crippen LogP contribution in [-0.2, 0) is 23.0 Å². The molecule has 1 amide bonds. The molecule has 2 aromatic heterocycles. The van der Waals surface area contributed by atoms with Gasteiger partial charge in [0.2, 0.25) is 10.0 Å². The van der Waals surface area contributed by atoms with Crippen LogP contribution in [0.1, 0.15) is 28.7 Å². The number of hydrogen-bond acceptors (Lipinski definition) is 5. The molecule has 9 heteroatoms. The summed E-state index contributed by atoms with van der Waals surface area (Å²) in [6, 6.07) is 10.5. The van der Waals surface area contributed by atoms with Crippen molar-refractivity contribution in [2.45, 2.75) is 25.9 Å². The van der Waals surface area contributed by atoms with E-state index in [1.807, 2.05) is 35.7 Å². The zero-order chi connectivity index (χ0) is 19.2. The summed E-state index contributed by atoms with van der Waals surface area (Å²) >= 11 is 0. The second-order valence-corrected chi connectivity index (χ2v) is 8.54. The molecule has 8 nitrogen and oxygen atoms in total. The normalized spacial score (nSPS) is 16.5. The molecule has 0 saturated carbocycles. The highest BCUT2D eigenvalue weighted by Gasteiger charge is 2.32. The van der Waals surface area contributed by atoms with Gasteiger partial charge in [0.15, 0.2) is 11.5 Å². The van der Waals surface area contributed by atoms with Crippen molar-refractivity contribution in [3.63, 3.8) is 0 Å². The van der Waals surface area contributed by atoms with Gasteiger partial charge in [0.05, 0.1) is 18.5 Å². The molecule has 0 aliphatic carbocycles. The standard InChI is InChI=1S/C18H19N5O3S/c1-12-9-14-10-13(6-7-15(14)23(12)27(2,25)26)18(24)19-11-17-21-20-16-5-3-4-8-22(16)17/h3-8,10,12H,9,11H2,1-2H3,(H,19,24). The summed E-state index contributed by atoms with van der Waals surface area (Å²) in [6.07, 6.45) is 3.62. The molecular weight excluding hydrogens is 366 g/mol. The second kappa shape index (κ2) is 6.34. The Hall–Kier alpha value is -2.94. The van der Waals surface area contributed by atoms with Gasteiger partial charge >= 0.3 is 0 Å². The van der Waals surface area contributed by atoms with Crippen LogP contribution in [0.2, 0.25) is 0 Å². The Morgan fingerprint density at radius 2 is 2.07 bits per heavy atom. The smallest absolute Gasteiger partial charge is 0.251 e. The summed E-state index contributed by atoms with van der Waals surface area (Å²) in [7, 11) is -3.34. The summed E-state index contributed by atoms with van der Waals surface area (Å²) in [5.41, 5.74) is 2.71. The van der Waals surface area contributed by atoms with Crippen molar-refractivity contribution in [1.29, 1.82) is 0 Å². The minimum Gasteiger partial charge on any atom is -0.345 e. The van der Waals surface area contributed by atoms with Crippen molar-refractivity contribution in [2.24, 2.45) is 0 Å². The van der Waals surface area contributed by atoms with Crippen molar-refractivity contribution >= 4 is 27.3 Å². The fourth-order valence-corrected chi connectivity index (χ4v) is 4.79. The highest BCUT2D eigenvalue weighted by molar-refractivity contribution is 7.92. The molecule has 3 aromatic rings. The van der Waals surface area contributed by atoms with E-state index < -0.39 is 10.0 Å². The molecule has 1 atom stereocenters. The molecular formula is C18H19N5O3S. The molecule has 1 aliphatic rings. The van der Waals surface area contributed by atoms with Crippen molar-refractivity contribution in [3.05, 3.63) is 59.5 Å². The Balaban J connectivity index is 1.53. The number of benzene rings is 1. The molecule has 0 spiro atoms. The predicted molar refractivity (Wildman–Crippen MR) is 101 cm³/mol. The van der Waals surface area contributed by atoms with E-state index in [9.17, 15) is 13.2 Å². The molecule has 140 valence electrons. The monoisotopic (exact) mass is 385 g/mol. The number of nitrogens with zero attached hydrogens (tertiary/aromatic N) is 4. The Morgan fingerprint density at radius 3 is 2.85 bits per heavy atom. The number of amides is 1. The minimum atomic E-state index is -3.34. The predicted octanol–water partition coefficient (Wildman–Crippen LogP) is 1.37. The van der Waals surface area contributed by atoms with Crippen LogP contribution in [0.15, 0.2) is 42.6 Å². The van der Waals surface area contributed by atoms with Gasteiger partial charge in [-0.1, -0.05) is 6.07 Å². The maximum atomic E-state index is 12.5. The van der Waals surface area contributed by atoms with Gasteiger partial charge < -0.3 is 5.32 Å². The van der Waals surface area contributed by atoms with E-state index in [0.717, 1.165) is 5.56 Å². The number of carbonyl (C=O) groups is 1. The van der Waals surface area contributed by atoms with Crippen LogP contribution in [0, 0.1) is 0 Å². The summed E-state index contributed by atoms with van der Waals surface area (Å²) < 4.78 is 27.2. The summed E-state index contributed by atoms with van der Waals surface area (Å²) in [5.74, 6) is 0.396. The van der Waals surface area contributed by atoms with Gasteiger partial charge in [0.25, 0.3) is 5.91 Å². The fraction of sp³-hybridized carbons (Fsp3) is 0.278. The lowest BCUT2D eigenvalue weighted by Crippen LogP contribution is -2.34. The zero-order valence-corrected chi connectivity index (χ0v) is 15.8. The van der Waals surface area contributed by atoms with E-state index in [4.69, 9.17) is 0 Å². The molecule has 0 fully saturated rings. The Bertz CT molecular complexity index is 1140. The van der Waals surface area contributed by atoms with Crippen LogP contribution < -0.4 is 9.62 Å². The van der Waals surface area contributed by atoms with Crippen LogP contribution in [-0.4, -0.2) is 41.2 Å². The van der Waals surface area contributed by atoms with E-state index >= 15 is 0 Å². The highest BCUT2D eigenvalue weighted by atomic mass is 32.2. The molecule has 1 unspecified atom stereocenters. The highest BCUT2D eigenvalue weighted by Crippen LogP contribution is 2.34. The van der Waals surface area contributed by atoms with E-state index in [2.05, 4.69) is 15.5 Å². The molecule has 4 rings (SSSR count). The zero-order valence-electron chi connectivity index (χ0n) is 15.0. The van der Waals surface area contributed by atoms with Gasteiger partial charge in [-0.25, -0.2) is 8.42 Å². The molecule has 0 radical (unpaired) electrons. The Morgan fingerprint density at radius 1 is 1.26 bits per heavy atom. The first kappa shape index (κ1) is 17.5. The van der Waals surface area contributed by atoms with Gasteiger partial charge in [-0.05, 0) is 49.2 Å². The van der Waals surface area contributed by atoms with Crippen LogP contribution >= 0.6 is 0 Å². The third-order valence-corrected chi connectivity index (χ3v) is 5.91. The first-order valence-corrected chi connectivity index (χ1v) is 10.4. The van der Waals surface area contributed by atoms with Gasteiger partial charge in [-0.2, -0.15) is 0 Å². The number of hydrogen-bond donors (Lipinski definition) is 1. The topological polar surface area (TPSA) is 96.7 Å². The van der Waals surface area contributed by atoms with Crippen LogP contribution in [0.5, 0.6) is 0 Å². The van der Waals surface area contributed by atoms with E-state index in [1.54, 1.807) is 18.2 Å². The molecule has 1 aromatic carbocycles. The van der Waals surface area contributed by atoms with Gasteiger partial charge in [-0.3, -0.25) is 13.5 Å². The van der Waals surface area contributed by atoms with E-state index in [-0.39, 0.29) is 18.5 Å². The molecule has 0 bridgehead atoms. The summed E-state index contributed by atoms with van der Waals surface area (Å²) in [6.45, 7) is 2.10. The average Bonchev–Trinajstić information content (AvgIpc) is 3.18. The number of anilines is 1. The SMILES string of the molecule is CC1Cc2cc(C(=O)NCc3nnc4ccccn34)ccc2N1S(C)(=O)=O. The number of aromatic nitrogens is 3. The third kappa shape index (κ3) is 3.14. The number of carbonyl (C=O) groups excluding carboxylic acids is 1. The van der Waals surface area contributed by atoms with Crippen LogP contribution in [0.4, 0.5) is 5.69 Å². The van der Waals surface area contributed by atoms with E-state index in [0.29, 0.717) is 29.1 Å². The number of pyridine rings is 1. The van der Waals surface area contributed by atoms with Gasteiger partial charge in [0.1, 0.15) is 0 Å². The third-order valence-electron chi connectivity index (χ3n) is 4.64. The van der Waals surface area contributed by atoms with Crippen molar-refractivity contribution in [3.8, 4) is 0 Å². The lowest BCUT2D eigenvalue weighted by atomic mass is 10.1. The first-order chi connectivity index (χ1) is 12.8.